The Labute approximate surface area is 181 Å². The van der Waals surface area contributed by atoms with E-state index >= 15 is 4.39 Å². The smallest absolute Gasteiger partial charge is 0.295 e. The van der Waals surface area contributed by atoms with Crippen LogP contribution in [0.3, 0.4) is 0 Å². The maximum atomic E-state index is 15.3. The molecule has 3 aliphatic rings. The first-order chi connectivity index (χ1) is 15.4. The second kappa shape index (κ2) is 7.21. The summed E-state index contributed by atoms with van der Waals surface area (Å²) in [6, 6.07) is 7.86. The minimum atomic E-state index is -0.837. The van der Waals surface area contributed by atoms with Crippen LogP contribution in [-0.2, 0) is 15.1 Å². The van der Waals surface area contributed by atoms with Gasteiger partial charge in [0, 0.05) is 6.07 Å². The molecular weight excluding hydrogens is 422 g/mol. The molecule has 7 nitrogen and oxygen atoms in total. The van der Waals surface area contributed by atoms with Crippen LogP contribution in [0.25, 0.3) is 22.2 Å². The second-order valence-electron chi connectivity index (χ2n) is 8.77. The van der Waals surface area contributed by atoms with E-state index in [2.05, 4.69) is 9.97 Å². The predicted molar refractivity (Wildman–Crippen MR) is 109 cm³/mol. The molecule has 168 valence electrons. The number of H-pyrrole nitrogens is 1. The lowest BCUT2D eigenvalue weighted by molar-refractivity contribution is -0.0387. The van der Waals surface area contributed by atoms with Gasteiger partial charge in [0.2, 0.25) is 0 Å². The van der Waals surface area contributed by atoms with Gasteiger partial charge < -0.3 is 29.4 Å². The molecule has 1 aromatic heterocycles. The highest BCUT2D eigenvalue weighted by molar-refractivity contribution is 5.84. The summed E-state index contributed by atoms with van der Waals surface area (Å²) >= 11 is 0. The lowest BCUT2D eigenvalue weighted by Crippen LogP contribution is -2.34. The maximum Gasteiger partial charge on any atom is 0.295 e. The molecule has 9 heteroatoms. The van der Waals surface area contributed by atoms with Gasteiger partial charge in [-0.25, -0.2) is 8.78 Å². The molecule has 3 heterocycles. The average Bonchev–Trinajstić information content (AvgIpc) is 3.44. The number of hydrogen-bond acceptors (Lipinski definition) is 6. The summed E-state index contributed by atoms with van der Waals surface area (Å²) in [6.07, 6.45) is 0.196. The number of benzene rings is 2. The Morgan fingerprint density at radius 3 is 2.56 bits per heavy atom. The number of fused-ring (bicyclic) bond motifs is 2. The van der Waals surface area contributed by atoms with Gasteiger partial charge in [0.05, 0.1) is 29.9 Å². The number of rotatable bonds is 4. The van der Waals surface area contributed by atoms with Gasteiger partial charge in [0.1, 0.15) is 29.6 Å². The van der Waals surface area contributed by atoms with E-state index in [1.54, 1.807) is 24.3 Å². The standard InChI is InChI=1S/C23H22F2N2O5/c24-13-8-14-19(27-22(26-14)32-16-10-31-20-15(28)9-30-21(16)20)18(25)17(13)11-2-4-12(5-3-11)23(29)6-1-7-23/h2-5,8,15-16,20-21,28-29H,1,6-7,9-10H2,(H,26,27)/t15-,16-,20-,21-/m1/s1. The van der Waals surface area contributed by atoms with E-state index in [-0.39, 0.29) is 35.8 Å². The lowest BCUT2D eigenvalue weighted by Gasteiger charge is -2.37. The Balaban J connectivity index is 1.30. The molecule has 0 radical (unpaired) electrons. The molecule has 32 heavy (non-hydrogen) atoms. The minimum Gasteiger partial charge on any atom is -0.456 e. The van der Waals surface area contributed by atoms with Gasteiger partial charge >= 0.3 is 0 Å². The third-order valence-electron chi connectivity index (χ3n) is 6.78. The van der Waals surface area contributed by atoms with E-state index in [9.17, 15) is 14.6 Å². The van der Waals surface area contributed by atoms with Crippen molar-refractivity contribution in [3.05, 3.63) is 47.5 Å². The Bertz CT molecular complexity index is 1180. The van der Waals surface area contributed by atoms with E-state index in [0.717, 1.165) is 12.0 Å². The van der Waals surface area contributed by atoms with Crippen molar-refractivity contribution in [1.29, 1.82) is 0 Å². The van der Waals surface area contributed by atoms with Crippen molar-refractivity contribution >= 4 is 11.0 Å². The van der Waals surface area contributed by atoms with Crippen LogP contribution in [0.2, 0.25) is 0 Å². The quantitative estimate of drug-likeness (QED) is 0.573. The molecule has 0 amide bonds. The number of nitrogens with zero attached hydrogens (tertiary/aromatic N) is 1. The second-order valence-corrected chi connectivity index (χ2v) is 8.77. The fourth-order valence-electron chi connectivity index (χ4n) is 4.81. The van der Waals surface area contributed by atoms with Crippen LogP contribution >= 0.6 is 0 Å². The summed E-state index contributed by atoms with van der Waals surface area (Å²) < 4.78 is 47.0. The van der Waals surface area contributed by atoms with Crippen LogP contribution in [0.5, 0.6) is 6.01 Å². The van der Waals surface area contributed by atoms with Crippen LogP contribution in [0.15, 0.2) is 30.3 Å². The zero-order valence-corrected chi connectivity index (χ0v) is 17.1. The third kappa shape index (κ3) is 3.03. The number of hydrogen-bond donors (Lipinski definition) is 3. The van der Waals surface area contributed by atoms with Crippen LogP contribution in [-0.4, -0.2) is 57.8 Å². The number of aromatic amines is 1. The Morgan fingerprint density at radius 1 is 1.09 bits per heavy atom. The zero-order chi connectivity index (χ0) is 22.0. The molecule has 2 aliphatic heterocycles. The van der Waals surface area contributed by atoms with Crippen molar-refractivity contribution in [2.24, 2.45) is 0 Å². The summed E-state index contributed by atoms with van der Waals surface area (Å²) in [7, 11) is 0. The Morgan fingerprint density at radius 2 is 1.84 bits per heavy atom. The number of nitrogens with one attached hydrogen (secondary N) is 1. The van der Waals surface area contributed by atoms with Crippen molar-refractivity contribution < 1.29 is 33.2 Å². The number of aliphatic hydroxyl groups is 2. The van der Waals surface area contributed by atoms with E-state index < -0.39 is 41.7 Å². The molecule has 1 aliphatic carbocycles. The molecule has 3 fully saturated rings. The Kier molecular flexibility index (Phi) is 4.52. The average molecular weight is 444 g/mol. The van der Waals surface area contributed by atoms with Gasteiger partial charge in [-0.15, -0.1) is 0 Å². The molecular formula is C23H22F2N2O5. The zero-order valence-electron chi connectivity index (χ0n) is 17.1. The molecule has 6 rings (SSSR count). The highest BCUT2D eigenvalue weighted by Crippen LogP contribution is 2.42. The molecule has 4 atom stereocenters. The Hall–Kier alpha value is -2.59. The van der Waals surface area contributed by atoms with E-state index in [4.69, 9.17) is 14.2 Å². The fraction of sp³-hybridized carbons (Fsp3) is 0.435. The minimum absolute atomic E-state index is 0.0252. The van der Waals surface area contributed by atoms with Crippen molar-refractivity contribution in [2.75, 3.05) is 13.2 Å². The van der Waals surface area contributed by atoms with Crippen LogP contribution in [0.1, 0.15) is 24.8 Å². The number of aliphatic hydroxyl groups excluding tert-OH is 1. The van der Waals surface area contributed by atoms with Gasteiger partial charge in [0.15, 0.2) is 11.9 Å². The van der Waals surface area contributed by atoms with Crippen LogP contribution in [0.4, 0.5) is 8.78 Å². The monoisotopic (exact) mass is 444 g/mol. The number of halogens is 2. The van der Waals surface area contributed by atoms with Crippen molar-refractivity contribution in [3.63, 3.8) is 0 Å². The van der Waals surface area contributed by atoms with Crippen LogP contribution in [0, 0.1) is 11.6 Å². The summed E-state index contributed by atoms with van der Waals surface area (Å²) in [5, 5.41) is 20.3. The highest BCUT2D eigenvalue weighted by atomic mass is 19.1. The summed E-state index contributed by atoms with van der Waals surface area (Å²) in [4.78, 5) is 6.98. The summed E-state index contributed by atoms with van der Waals surface area (Å²) in [6.45, 7) is 0.360. The number of aromatic nitrogens is 2. The largest absolute Gasteiger partial charge is 0.456 e. The third-order valence-corrected chi connectivity index (χ3v) is 6.78. The molecule has 0 bridgehead atoms. The summed E-state index contributed by atoms with van der Waals surface area (Å²) in [5.74, 6) is -1.53. The van der Waals surface area contributed by atoms with Gasteiger partial charge in [-0.05, 0) is 30.4 Å². The molecule has 2 saturated heterocycles. The topological polar surface area (TPSA) is 96.8 Å². The first kappa shape index (κ1) is 20.0. The molecule has 3 N–H and O–H groups in total. The fourth-order valence-corrected chi connectivity index (χ4v) is 4.81. The number of ether oxygens (including phenoxy) is 3. The highest BCUT2D eigenvalue weighted by Gasteiger charge is 2.48. The normalized spacial score (nSPS) is 28.6. The lowest BCUT2D eigenvalue weighted by atomic mass is 9.75. The first-order valence-electron chi connectivity index (χ1n) is 10.7. The molecule has 2 aromatic carbocycles. The van der Waals surface area contributed by atoms with Crippen molar-refractivity contribution in [1.82, 2.24) is 9.97 Å². The first-order valence-corrected chi connectivity index (χ1v) is 10.7. The molecule has 1 saturated carbocycles. The van der Waals surface area contributed by atoms with Gasteiger partial charge in [-0.1, -0.05) is 24.3 Å². The van der Waals surface area contributed by atoms with Gasteiger partial charge in [-0.3, -0.25) is 0 Å². The predicted octanol–water partition coefficient (Wildman–Crippen LogP) is 2.79. The molecule has 0 spiro atoms. The van der Waals surface area contributed by atoms with E-state index in [1.807, 2.05) is 0 Å². The SMILES string of the molecule is O[C@@H]1CO[C@H]2[C@@H]1OC[C@H]2Oc1nc2c(F)c(-c3ccc(C4(O)CCC4)cc3)c(F)cc2[nH]1. The molecule has 3 aromatic rings. The van der Waals surface area contributed by atoms with Gasteiger partial charge in [-0.2, -0.15) is 4.98 Å². The van der Waals surface area contributed by atoms with E-state index in [0.29, 0.717) is 18.4 Å². The summed E-state index contributed by atoms with van der Waals surface area (Å²) in [5.41, 5.74) is 0.216. The van der Waals surface area contributed by atoms with Crippen LogP contribution < -0.4 is 4.74 Å². The maximum absolute atomic E-state index is 15.3. The van der Waals surface area contributed by atoms with Crippen molar-refractivity contribution in [2.45, 2.75) is 49.3 Å². The molecule has 0 unspecified atom stereocenters. The number of imidazole rings is 1. The van der Waals surface area contributed by atoms with Gasteiger partial charge in [0.25, 0.3) is 6.01 Å². The van der Waals surface area contributed by atoms with Crippen molar-refractivity contribution in [3.8, 4) is 17.1 Å². The van der Waals surface area contributed by atoms with E-state index in [1.165, 1.54) is 6.07 Å².